The van der Waals surface area contributed by atoms with E-state index in [9.17, 15) is 4.79 Å². The Hall–Kier alpha value is -2.14. The third kappa shape index (κ3) is 3.47. The number of benzene rings is 1. The van der Waals surface area contributed by atoms with Crippen LogP contribution in [0.1, 0.15) is 59.0 Å². The molecule has 1 aromatic heterocycles. The highest BCUT2D eigenvalue weighted by Gasteiger charge is 2.26. The maximum Gasteiger partial charge on any atom is 0.335 e. The molecule has 5 heteroatoms. The normalized spacial score (nSPS) is 21.0. The molecule has 0 radical (unpaired) electrons. The Balaban J connectivity index is 1.44. The second kappa shape index (κ2) is 7.00. The lowest BCUT2D eigenvalue weighted by Gasteiger charge is -2.33. The molecule has 1 N–H and O–H groups in total. The Morgan fingerprint density at radius 1 is 1.16 bits per heavy atom. The van der Waals surface area contributed by atoms with Gasteiger partial charge in [-0.3, -0.25) is 4.90 Å². The highest BCUT2D eigenvalue weighted by atomic mass is 16.4. The van der Waals surface area contributed by atoms with E-state index in [1.54, 1.807) is 12.1 Å². The van der Waals surface area contributed by atoms with Crippen LogP contribution >= 0.6 is 0 Å². The average Bonchev–Trinajstić information content (AvgIpc) is 3.06. The van der Waals surface area contributed by atoms with Gasteiger partial charge in [-0.05, 0) is 56.3 Å². The molecule has 0 aliphatic carbocycles. The van der Waals surface area contributed by atoms with Crippen molar-refractivity contribution in [3.63, 3.8) is 0 Å². The SMILES string of the molecule is O=C(O)c1ccc(CN2CCCC(c3ncc4n3CCCC4)C2)cc1. The maximum atomic E-state index is 11.0. The minimum Gasteiger partial charge on any atom is -0.478 e. The number of likely N-dealkylation sites (tertiary alicyclic amines) is 1. The lowest BCUT2D eigenvalue weighted by molar-refractivity contribution is 0.0697. The molecule has 2 aromatic rings. The van der Waals surface area contributed by atoms with Crippen molar-refractivity contribution in [1.29, 1.82) is 0 Å². The maximum absolute atomic E-state index is 11.0. The highest BCUT2D eigenvalue weighted by Crippen LogP contribution is 2.29. The van der Waals surface area contributed by atoms with Gasteiger partial charge in [-0.2, -0.15) is 0 Å². The van der Waals surface area contributed by atoms with Crippen molar-refractivity contribution in [2.24, 2.45) is 0 Å². The van der Waals surface area contributed by atoms with Gasteiger partial charge >= 0.3 is 5.97 Å². The van der Waals surface area contributed by atoms with Crippen LogP contribution in [0.4, 0.5) is 0 Å². The number of carboxylic acids is 1. The Morgan fingerprint density at radius 3 is 2.80 bits per heavy atom. The van der Waals surface area contributed by atoms with Crippen molar-refractivity contribution in [3.8, 4) is 0 Å². The summed E-state index contributed by atoms with van der Waals surface area (Å²) in [6.45, 7) is 4.14. The fourth-order valence-electron chi connectivity index (χ4n) is 4.21. The van der Waals surface area contributed by atoms with Crippen molar-refractivity contribution in [1.82, 2.24) is 14.5 Å². The molecule has 1 saturated heterocycles. The van der Waals surface area contributed by atoms with Crippen LogP contribution in [-0.4, -0.2) is 38.6 Å². The van der Waals surface area contributed by atoms with Crippen LogP contribution in [0.2, 0.25) is 0 Å². The molecule has 0 bridgehead atoms. The number of aromatic nitrogens is 2. The quantitative estimate of drug-likeness (QED) is 0.928. The molecule has 1 fully saturated rings. The predicted octanol–water partition coefficient (Wildman–Crippen LogP) is 3.30. The highest BCUT2D eigenvalue weighted by molar-refractivity contribution is 5.87. The van der Waals surface area contributed by atoms with Gasteiger partial charge in [-0.15, -0.1) is 0 Å². The van der Waals surface area contributed by atoms with E-state index in [1.807, 2.05) is 12.1 Å². The standard InChI is InChI=1S/C20H25N3O2/c24-20(25)16-8-6-15(7-9-16)13-22-10-3-4-17(14-22)19-21-12-18-5-1-2-11-23(18)19/h6-9,12,17H,1-5,10-11,13-14H2,(H,24,25). The summed E-state index contributed by atoms with van der Waals surface area (Å²) in [5, 5.41) is 9.01. The molecule has 1 unspecified atom stereocenters. The van der Waals surface area contributed by atoms with Gasteiger partial charge < -0.3 is 9.67 Å². The van der Waals surface area contributed by atoms with Crippen molar-refractivity contribution >= 4 is 5.97 Å². The van der Waals surface area contributed by atoms with E-state index < -0.39 is 5.97 Å². The molecule has 1 aromatic carbocycles. The third-order valence-corrected chi connectivity index (χ3v) is 5.51. The zero-order valence-corrected chi connectivity index (χ0v) is 14.5. The van der Waals surface area contributed by atoms with E-state index in [0.29, 0.717) is 11.5 Å². The molecule has 132 valence electrons. The zero-order chi connectivity index (χ0) is 17.2. The molecule has 4 rings (SSSR count). The molecule has 0 spiro atoms. The number of rotatable bonds is 4. The molecule has 0 saturated carbocycles. The first kappa shape index (κ1) is 16.3. The summed E-state index contributed by atoms with van der Waals surface area (Å²) < 4.78 is 2.46. The van der Waals surface area contributed by atoms with Gasteiger partial charge in [0, 0.05) is 37.4 Å². The number of hydrogen-bond donors (Lipinski definition) is 1. The number of nitrogens with zero attached hydrogens (tertiary/aromatic N) is 3. The molecular formula is C20H25N3O2. The van der Waals surface area contributed by atoms with E-state index in [-0.39, 0.29) is 0 Å². The summed E-state index contributed by atoms with van der Waals surface area (Å²) in [6.07, 6.45) is 8.21. The van der Waals surface area contributed by atoms with Crippen molar-refractivity contribution in [2.75, 3.05) is 13.1 Å². The number of aryl methyl sites for hydroxylation is 1. The first-order valence-electron chi connectivity index (χ1n) is 9.29. The van der Waals surface area contributed by atoms with E-state index in [0.717, 1.165) is 26.2 Å². The fourth-order valence-corrected chi connectivity index (χ4v) is 4.21. The number of piperidine rings is 1. The lowest BCUT2D eigenvalue weighted by Crippen LogP contribution is -2.35. The van der Waals surface area contributed by atoms with Crippen LogP contribution in [-0.2, 0) is 19.5 Å². The second-order valence-electron chi connectivity index (χ2n) is 7.29. The molecule has 25 heavy (non-hydrogen) atoms. The van der Waals surface area contributed by atoms with Crippen LogP contribution in [0.5, 0.6) is 0 Å². The Kier molecular flexibility index (Phi) is 4.57. The Labute approximate surface area is 148 Å². The van der Waals surface area contributed by atoms with Gasteiger partial charge in [0.15, 0.2) is 0 Å². The number of carboxylic acid groups (broad SMARTS) is 1. The molecule has 5 nitrogen and oxygen atoms in total. The van der Waals surface area contributed by atoms with Gasteiger partial charge in [0.05, 0.1) is 5.56 Å². The monoisotopic (exact) mass is 339 g/mol. The molecule has 2 aliphatic rings. The van der Waals surface area contributed by atoms with Crippen LogP contribution in [0.3, 0.4) is 0 Å². The lowest BCUT2D eigenvalue weighted by atomic mass is 9.96. The summed E-state index contributed by atoms with van der Waals surface area (Å²) in [5.41, 5.74) is 2.93. The topological polar surface area (TPSA) is 58.4 Å². The molecular weight excluding hydrogens is 314 g/mol. The van der Waals surface area contributed by atoms with Crippen molar-refractivity contribution < 1.29 is 9.90 Å². The third-order valence-electron chi connectivity index (χ3n) is 5.51. The van der Waals surface area contributed by atoms with Gasteiger partial charge in [0.1, 0.15) is 5.82 Å². The number of imidazole rings is 1. The zero-order valence-electron chi connectivity index (χ0n) is 14.5. The van der Waals surface area contributed by atoms with Crippen LogP contribution in [0.15, 0.2) is 30.5 Å². The van der Waals surface area contributed by atoms with Crippen LogP contribution < -0.4 is 0 Å². The minimum absolute atomic E-state index is 0.351. The smallest absolute Gasteiger partial charge is 0.335 e. The first-order valence-corrected chi connectivity index (χ1v) is 9.29. The molecule has 0 amide bonds. The molecule has 2 aliphatic heterocycles. The Bertz CT molecular complexity index is 751. The van der Waals surface area contributed by atoms with Gasteiger partial charge in [0.2, 0.25) is 0 Å². The number of carbonyl (C=O) groups is 1. The number of hydrogen-bond acceptors (Lipinski definition) is 3. The Morgan fingerprint density at radius 2 is 2.00 bits per heavy atom. The minimum atomic E-state index is -0.867. The van der Waals surface area contributed by atoms with Gasteiger partial charge in [0.25, 0.3) is 0 Å². The van der Waals surface area contributed by atoms with Crippen molar-refractivity contribution in [3.05, 3.63) is 53.1 Å². The van der Waals surface area contributed by atoms with E-state index in [1.165, 1.54) is 49.2 Å². The van der Waals surface area contributed by atoms with E-state index >= 15 is 0 Å². The number of fused-ring (bicyclic) bond motifs is 1. The van der Waals surface area contributed by atoms with Crippen LogP contribution in [0, 0.1) is 0 Å². The van der Waals surface area contributed by atoms with Crippen molar-refractivity contribution in [2.45, 2.75) is 51.1 Å². The summed E-state index contributed by atoms with van der Waals surface area (Å²) in [7, 11) is 0. The largest absolute Gasteiger partial charge is 0.478 e. The van der Waals surface area contributed by atoms with Gasteiger partial charge in [-0.25, -0.2) is 9.78 Å². The first-order chi connectivity index (χ1) is 12.2. The second-order valence-corrected chi connectivity index (χ2v) is 7.29. The molecule has 1 atom stereocenters. The predicted molar refractivity (Wildman–Crippen MR) is 95.8 cm³/mol. The summed E-state index contributed by atoms with van der Waals surface area (Å²) in [6, 6.07) is 7.27. The van der Waals surface area contributed by atoms with E-state index in [2.05, 4.69) is 15.7 Å². The average molecular weight is 339 g/mol. The van der Waals surface area contributed by atoms with Crippen LogP contribution in [0.25, 0.3) is 0 Å². The van der Waals surface area contributed by atoms with E-state index in [4.69, 9.17) is 10.1 Å². The number of aromatic carboxylic acids is 1. The summed E-state index contributed by atoms with van der Waals surface area (Å²) in [5.74, 6) is 0.924. The van der Waals surface area contributed by atoms with Gasteiger partial charge in [-0.1, -0.05) is 12.1 Å². The summed E-state index contributed by atoms with van der Waals surface area (Å²) in [4.78, 5) is 18.2. The summed E-state index contributed by atoms with van der Waals surface area (Å²) >= 11 is 0. The molecule has 3 heterocycles. The fraction of sp³-hybridized carbons (Fsp3) is 0.500.